The first kappa shape index (κ1) is 22.8. The minimum absolute atomic E-state index is 0.0237. The minimum Gasteiger partial charge on any atom is -0.352 e. The third-order valence-electron chi connectivity index (χ3n) is 6.35. The van der Waals surface area contributed by atoms with E-state index in [4.69, 9.17) is 0 Å². The summed E-state index contributed by atoms with van der Waals surface area (Å²) in [6.45, 7) is 1.34. The summed E-state index contributed by atoms with van der Waals surface area (Å²) in [6.07, 6.45) is 1.20. The summed E-state index contributed by atoms with van der Waals surface area (Å²) in [7, 11) is 0. The van der Waals surface area contributed by atoms with E-state index in [-0.39, 0.29) is 18.7 Å². The molecule has 0 saturated carbocycles. The molecule has 4 heterocycles. The van der Waals surface area contributed by atoms with Gasteiger partial charge in [-0.2, -0.15) is 5.10 Å². The molecule has 3 aromatic heterocycles. The van der Waals surface area contributed by atoms with Gasteiger partial charge in [0.1, 0.15) is 9.53 Å². The van der Waals surface area contributed by atoms with Crippen LogP contribution >= 0.6 is 22.6 Å². The van der Waals surface area contributed by atoms with Gasteiger partial charge in [-0.1, -0.05) is 0 Å². The largest absolute Gasteiger partial charge is 0.352 e. The van der Waals surface area contributed by atoms with Crippen molar-refractivity contribution in [2.24, 2.45) is 0 Å². The lowest BCUT2D eigenvalue weighted by Crippen LogP contribution is -2.31. The van der Waals surface area contributed by atoms with Crippen LogP contribution in [0.5, 0.6) is 0 Å². The molecule has 0 unspecified atom stereocenters. The van der Waals surface area contributed by atoms with E-state index in [9.17, 15) is 18.4 Å². The topological polar surface area (TPSA) is 99.7 Å². The maximum absolute atomic E-state index is 13.5. The van der Waals surface area contributed by atoms with Gasteiger partial charge in [-0.3, -0.25) is 9.59 Å². The number of likely N-dealkylation sites (tertiary alicyclic amines) is 1. The first-order valence-electron chi connectivity index (χ1n) is 11.2. The van der Waals surface area contributed by atoms with Gasteiger partial charge in [-0.15, -0.1) is 0 Å². The molecule has 0 bridgehead atoms. The van der Waals surface area contributed by atoms with Crippen molar-refractivity contribution in [3.8, 4) is 5.69 Å². The van der Waals surface area contributed by atoms with Crippen molar-refractivity contribution in [2.75, 3.05) is 13.1 Å². The fourth-order valence-electron chi connectivity index (χ4n) is 4.54. The lowest BCUT2D eigenvalue weighted by atomic mass is 10.1. The third kappa shape index (κ3) is 3.87. The van der Waals surface area contributed by atoms with E-state index in [0.717, 1.165) is 27.4 Å². The van der Waals surface area contributed by atoms with E-state index < -0.39 is 18.4 Å². The van der Waals surface area contributed by atoms with Crippen LogP contribution in [0.4, 0.5) is 8.78 Å². The molecule has 2 N–H and O–H groups in total. The van der Waals surface area contributed by atoms with Crippen LogP contribution in [-0.4, -0.2) is 60.3 Å². The second-order valence-electron chi connectivity index (χ2n) is 8.93. The first-order chi connectivity index (χ1) is 17.2. The number of nitrogens with one attached hydrogen (secondary N) is 2. The molecule has 11 heteroatoms. The number of aromatic nitrogens is 5. The van der Waals surface area contributed by atoms with Crippen molar-refractivity contribution >= 4 is 56.2 Å². The van der Waals surface area contributed by atoms with Gasteiger partial charge in [0.05, 0.1) is 40.7 Å². The highest BCUT2D eigenvalue weighted by Gasteiger charge is 2.40. The first-order valence-corrected chi connectivity index (χ1v) is 12.3. The number of carbonyl (C=O) groups is 2. The molecule has 5 aromatic rings. The Morgan fingerprint density at radius 3 is 2.67 bits per heavy atom. The average molecular weight is 600 g/mol. The highest BCUT2D eigenvalue weighted by atomic mass is 127. The Bertz CT molecular complexity index is 1680. The molecule has 6 rings (SSSR count). The van der Waals surface area contributed by atoms with E-state index in [1.54, 1.807) is 28.9 Å². The van der Waals surface area contributed by atoms with E-state index in [1.165, 1.54) is 6.20 Å². The zero-order chi connectivity index (χ0) is 25.2. The number of carbonyl (C=O) groups excluding carboxylic acids is 2. The molecule has 1 fully saturated rings. The Morgan fingerprint density at radius 1 is 1.08 bits per heavy atom. The van der Waals surface area contributed by atoms with Crippen molar-refractivity contribution in [2.45, 2.75) is 19.3 Å². The van der Waals surface area contributed by atoms with Crippen molar-refractivity contribution in [3.63, 3.8) is 0 Å². The summed E-state index contributed by atoms with van der Waals surface area (Å²) in [4.78, 5) is 37.9. The molecule has 1 saturated heterocycles. The number of H-pyrrole nitrogens is 2. The molecular weight excluding hydrogens is 581 g/mol. The van der Waals surface area contributed by atoms with E-state index in [1.807, 2.05) is 25.1 Å². The number of alkyl halides is 2. The number of nitrogens with zero attached hydrogens (tertiary/aromatic N) is 4. The standard InChI is InChI=1S/C25H19F2IN6O2/c1-13-30-19-5-3-16(10-20(19)31-13)34-23(28)17(11-29-34)22(35)21-9-15-8-14(2-4-18(15)32-21)24(36)33-7-6-25(26,27)12-33/h2-5,8-11,32H,6-7,12H2,1H3,(H,30,31). The maximum atomic E-state index is 13.5. The number of ketones is 1. The average Bonchev–Trinajstić information content (AvgIpc) is 3.61. The van der Waals surface area contributed by atoms with Crippen LogP contribution in [0.3, 0.4) is 0 Å². The summed E-state index contributed by atoms with van der Waals surface area (Å²) in [5.74, 6) is -2.72. The van der Waals surface area contributed by atoms with Gasteiger partial charge in [0, 0.05) is 29.4 Å². The molecule has 1 aliphatic heterocycles. The highest BCUT2D eigenvalue weighted by molar-refractivity contribution is 14.1. The van der Waals surface area contributed by atoms with Crippen LogP contribution in [0.25, 0.3) is 27.6 Å². The molecule has 2 aromatic carbocycles. The number of hydrogen-bond donors (Lipinski definition) is 2. The Hall–Kier alpha value is -3.61. The molecule has 182 valence electrons. The minimum atomic E-state index is -2.85. The monoisotopic (exact) mass is 600 g/mol. The fourth-order valence-corrected chi connectivity index (χ4v) is 5.33. The smallest absolute Gasteiger partial charge is 0.267 e. The molecule has 1 amide bonds. The van der Waals surface area contributed by atoms with Crippen LogP contribution in [-0.2, 0) is 0 Å². The number of aryl methyl sites for hydroxylation is 1. The highest BCUT2D eigenvalue weighted by Crippen LogP contribution is 2.29. The maximum Gasteiger partial charge on any atom is 0.267 e. The Kier molecular flexibility index (Phi) is 5.21. The number of fused-ring (bicyclic) bond motifs is 2. The molecule has 8 nitrogen and oxygen atoms in total. The number of amides is 1. The summed E-state index contributed by atoms with van der Waals surface area (Å²) in [5, 5.41) is 5.07. The fraction of sp³-hybridized carbons (Fsp3) is 0.200. The van der Waals surface area contributed by atoms with E-state index in [0.29, 0.717) is 31.4 Å². The number of aromatic amines is 2. The molecule has 0 spiro atoms. The molecule has 0 aliphatic carbocycles. The van der Waals surface area contributed by atoms with Gasteiger partial charge < -0.3 is 14.9 Å². The molecule has 0 atom stereocenters. The zero-order valence-corrected chi connectivity index (χ0v) is 21.1. The lowest BCUT2D eigenvalue weighted by Gasteiger charge is -2.16. The van der Waals surface area contributed by atoms with Crippen molar-refractivity contribution in [1.82, 2.24) is 29.6 Å². The normalized spacial score (nSPS) is 15.3. The molecular formula is C25H19F2IN6O2. The van der Waals surface area contributed by atoms with Gasteiger partial charge in [-0.25, -0.2) is 18.4 Å². The lowest BCUT2D eigenvalue weighted by molar-refractivity contribution is 0.0120. The van der Waals surface area contributed by atoms with Gasteiger partial charge in [-0.05, 0) is 72.0 Å². The number of benzene rings is 2. The quantitative estimate of drug-likeness (QED) is 0.228. The summed E-state index contributed by atoms with van der Waals surface area (Å²) in [5.41, 5.74) is 4.26. The van der Waals surface area contributed by atoms with Gasteiger partial charge in [0.15, 0.2) is 0 Å². The third-order valence-corrected chi connectivity index (χ3v) is 7.39. The SMILES string of the molecule is Cc1nc2cc(-n3ncc(C(=O)c4cc5cc(C(=O)N6CCC(F)(F)C6)ccc5[nH]4)c3I)ccc2[nH]1. The number of hydrogen-bond acceptors (Lipinski definition) is 4. The Morgan fingerprint density at radius 2 is 1.89 bits per heavy atom. The zero-order valence-electron chi connectivity index (χ0n) is 19.0. The predicted molar refractivity (Wildman–Crippen MR) is 138 cm³/mol. The van der Waals surface area contributed by atoms with Gasteiger partial charge in [0.25, 0.3) is 11.8 Å². The Balaban J connectivity index is 1.28. The molecule has 1 aliphatic rings. The van der Waals surface area contributed by atoms with Gasteiger partial charge >= 0.3 is 0 Å². The van der Waals surface area contributed by atoms with Crippen molar-refractivity contribution < 1.29 is 18.4 Å². The summed E-state index contributed by atoms with van der Waals surface area (Å²) >= 11 is 2.09. The van der Waals surface area contributed by atoms with E-state index >= 15 is 0 Å². The van der Waals surface area contributed by atoms with Crippen molar-refractivity contribution in [1.29, 1.82) is 0 Å². The molecule has 36 heavy (non-hydrogen) atoms. The van der Waals surface area contributed by atoms with Crippen LogP contribution in [0.15, 0.2) is 48.7 Å². The van der Waals surface area contributed by atoms with Gasteiger partial charge in [0.2, 0.25) is 5.78 Å². The van der Waals surface area contributed by atoms with Crippen LogP contribution in [0.2, 0.25) is 0 Å². The second-order valence-corrected chi connectivity index (χ2v) is 9.95. The van der Waals surface area contributed by atoms with Crippen molar-refractivity contribution in [3.05, 3.63) is 75.0 Å². The predicted octanol–water partition coefficient (Wildman–Crippen LogP) is 4.86. The second kappa shape index (κ2) is 8.22. The van der Waals surface area contributed by atoms with Crippen LogP contribution in [0, 0.1) is 10.6 Å². The summed E-state index contributed by atoms with van der Waals surface area (Å²) in [6, 6.07) is 12.3. The van der Waals surface area contributed by atoms with Crippen LogP contribution < -0.4 is 0 Å². The van der Waals surface area contributed by atoms with E-state index in [2.05, 4.69) is 42.6 Å². The number of imidazole rings is 1. The Labute approximate surface area is 216 Å². The molecule has 0 radical (unpaired) electrons. The summed E-state index contributed by atoms with van der Waals surface area (Å²) < 4.78 is 29.4. The van der Waals surface area contributed by atoms with Crippen LogP contribution in [0.1, 0.15) is 38.7 Å². The number of halogens is 3. The number of rotatable bonds is 4.